The predicted octanol–water partition coefficient (Wildman–Crippen LogP) is 2.19. The van der Waals surface area contributed by atoms with Crippen LogP contribution in [-0.4, -0.2) is 54.7 Å². The van der Waals surface area contributed by atoms with Gasteiger partial charge in [0.25, 0.3) is 5.91 Å². The van der Waals surface area contributed by atoms with Gasteiger partial charge in [0.05, 0.1) is 0 Å². The summed E-state index contributed by atoms with van der Waals surface area (Å²) in [5.41, 5.74) is 3.21. The van der Waals surface area contributed by atoms with Gasteiger partial charge >= 0.3 is 0 Å². The summed E-state index contributed by atoms with van der Waals surface area (Å²) < 4.78 is 11.5. The number of hydrogen-bond acceptors (Lipinski definition) is 5. The number of hydrogen-bond donors (Lipinski definition) is 0. The zero-order valence-electron chi connectivity index (χ0n) is 15.1. The van der Waals surface area contributed by atoms with E-state index in [9.17, 15) is 4.79 Å². The fourth-order valence-corrected chi connectivity index (χ4v) is 3.52. The Morgan fingerprint density at radius 1 is 1.04 bits per heavy atom. The van der Waals surface area contributed by atoms with Gasteiger partial charge in [-0.2, -0.15) is 0 Å². The third kappa shape index (κ3) is 3.31. The highest BCUT2D eigenvalue weighted by Gasteiger charge is 2.32. The Kier molecular flexibility index (Phi) is 4.41. The fraction of sp³-hybridized carbons (Fsp3) is 0.400. The summed E-state index contributed by atoms with van der Waals surface area (Å²) >= 11 is 0. The number of amides is 1. The van der Waals surface area contributed by atoms with Gasteiger partial charge in [-0.1, -0.05) is 12.1 Å². The van der Waals surface area contributed by atoms with E-state index in [0.717, 1.165) is 24.5 Å². The van der Waals surface area contributed by atoms with Gasteiger partial charge in [0.1, 0.15) is 6.61 Å². The lowest BCUT2D eigenvalue weighted by atomic mass is 10.2. The first-order chi connectivity index (χ1) is 12.6. The van der Waals surface area contributed by atoms with Gasteiger partial charge in [0, 0.05) is 43.3 Å². The summed E-state index contributed by atoms with van der Waals surface area (Å²) in [6, 6.07) is 11.7. The fourth-order valence-electron chi connectivity index (χ4n) is 3.52. The summed E-state index contributed by atoms with van der Waals surface area (Å²) in [6.07, 6.45) is -0.568. The second-order valence-corrected chi connectivity index (χ2v) is 6.78. The highest BCUT2D eigenvalue weighted by Crippen LogP contribution is 2.31. The van der Waals surface area contributed by atoms with Crippen molar-refractivity contribution >= 4 is 11.6 Å². The van der Waals surface area contributed by atoms with Crippen LogP contribution >= 0.6 is 0 Å². The molecule has 1 aromatic carbocycles. The molecule has 26 heavy (non-hydrogen) atoms. The van der Waals surface area contributed by atoms with E-state index in [0.29, 0.717) is 24.6 Å². The molecule has 2 aliphatic heterocycles. The molecule has 1 amide bonds. The second kappa shape index (κ2) is 6.86. The maximum atomic E-state index is 12.8. The summed E-state index contributed by atoms with van der Waals surface area (Å²) in [5, 5.41) is 0. The molecule has 0 radical (unpaired) electrons. The van der Waals surface area contributed by atoms with Gasteiger partial charge < -0.3 is 19.3 Å². The maximum Gasteiger partial charge on any atom is 0.267 e. The van der Waals surface area contributed by atoms with Gasteiger partial charge in [0.2, 0.25) is 6.10 Å². The molecule has 2 aromatic rings. The van der Waals surface area contributed by atoms with Gasteiger partial charge in [-0.05, 0) is 38.1 Å². The van der Waals surface area contributed by atoms with Crippen LogP contribution in [0.15, 0.2) is 36.4 Å². The van der Waals surface area contributed by atoms with E-state index in [1.165, 1.54) is 5.69 Å². The van der Waals surface area contributed by atoms with Crippen molar-refractivity contribution in [1.82, 2.24) is 9.88 Å². The first kappa shape index (κ1) is 16.7. The van der Waals surface area contributed by atoms with Crippen LogP contribution in [0, 0.1) is 13.8 Å². The summed E-state index contributed by atoms with van der Waals surface area (Å²) in [4.78, 5) is 21.4. The summed E-state index contributed by atoms with van der Waals surface area (Å²) in [6.45, 7) is 7.25. The number of benzene rings is 1. The highest BCUT2D eigenvalue weighted by atomic mass is 16.6. The van der Waals surface area contributed by atoms with Gasteiger partial charge in [0.15, 0.2) is 11.5 Å². The topological polar surface area (TPSA) is 54.9 Å². The number of para-hydroxylation sites is 2. The Morgan fingerprint density at radius 2 is 1.69 bits per heavy atom. The summed E-state index contributed by atoms with van der Waals surface area (Å²) in [5.74, 6) is 1.34. The number of rotatable bonds is 2. The minimum absolute atomic E-state index is 0.00115. The number of aromatic nitrogens is 1. The van der Waals surface area contributed by atoms with Crippen LogP contribution in [0.3, 0.4) is 0 Å². The molecule has 136 valence electrons. The average Bonchev–Trinajstić information content (AvgIpc) is 2.66. The van der Waals surface area contributed by atoms with E-state index < -0.39 is 6.10 Å². The molecule has 3 heterocycles. The minimum atomic E-state index is -0.568. The average molecular weight is 353 g/mol. The van der Waals surface area contributed by atoms with E-state index in [4.69, 9.17) is 9.47 Å². The molecule has 1 saturated heterocycles. The molecule has 0 N–H and O–H groups in total. The van der Waals surface area contributed by atoms with Crippen molar-refractivity contribution in [1.29, 1.82) is 0 Å². The molecular formula is C20H23N3O3. The van der Waals surface area contributed by atoms with Crippen molar-refractivity contribution < 1.29 is 14.3 Å². The third-order valence-corrected chi connectivity index (χ3v) is 4.81. The SMILES string of the molecule is Cc1cc(N2CCN(C(=O)C3COc4ccccc4O3)CC2)cc(C)n1. The van der Waals surface area contributed by atoms with Crippen LogP contribution in [0.4, 0.5) is 5.69 Å². The number of anilines is 1. The Bertz CT molecular complexity index is 795. The number of pyridine rings is 1. The molecule has 0 spiro atoms. The van der Waals surface area contributed by atoms with E-state index in [2.05, 4.69) is 22.0 Å². The molecular weight excluding hydrogens is 330 g/mol. The van der Waals surface area contributed by atoms with Crippen LogP contribution in [0.1, 0.15) is 11.4 Å². The molecule has 6 nitrogen and oxygen atoms in total. The van der Waals surface area contributed by atoms with Crippen LogP contribution in [0.25, 0.3) is 0 Å². The third-order valence-electron chi connectivity index (χ3n) is 4.81. The highest BCUT2D eigenvalue weighted by molar-refractivity contribution is 5.82. The molecule has 4 rings (SSSR count). The lowest BCUT2D eigenvalue weighted by Gasteiger charge is -2.38. The maximum absolute atomic E-state index is 12.8. The lowest BCUT2D eigenvalue weighted by molar-refractivity contribution is -0.141. The number of piperazine rings is 1. The van der Waals surface area contributed by atoms with Crippen molar-refractivity contribution in [3.05, 3.63) is 47.8 Å². The largest absolute Gasteiger partial charge is 0.485 e. The molecule has 0 aliphatic carbocycles. The quantitative estimate of drug-likeness (QED) is 0.828. The van der Waals surface area contributed by atoms with Crippen molar-refractivity contribution in [2.45, 2.75) is 20.0 Å². The van der Waals surface area contributed by atoms with Gasteiger partial charge in [-0.15, -0.1) is 0 Å². The van der Waals surface area contributed by atoms with Crippen LogP contribution < -0.4 is 14.4 Å². The smallest absolute Gasteiger partial charge is 0.267 e. The molecule has 0 saturated carbocycles. The van der Waals surface area contributed by atoms with Crippen molar-refractivity contribution in [2.75, 3.05) is 37.7 Å². The zero-order chi connectivity index (χ0) is 18.1. The van der Waals surface area contributed by atoms with E-state index in [1.807, 2.05) is 43.0 Å². The zero-order valence-corrected chi connectivity index (χ0v) is 15.1. The van der Waals surface area contributed by atoms with Crippen molar-refractivity contribution in [3.63, 3.8) is 0 Å². The number of carbonyl (C=O) groups is 1. The monoisotopic (exact) mass is 353 g/mol. The second-order valence-electron chi connectivity index (χ2n) is 6.78. The van der Waals surface area contributed by atoms with Crippen LogP contribution in [-0.2, 0) is 4.79 Å². The molecule has 0 bridgehead atoms. The standard InChI is InChI=1S/C20H23N3O3/c1-14-11-16(12-15(2)21-14)22-7-9-23(10-8-22)20(24)19-13-25-17-5-3-4-6-18(17)26-19/h3-6,11-12,19H,7-10,13H2,1-2H3. The molecule has 1 fully saturated rings. The first-order valence-corrected chi connectivity index (χ1v) is 8.98. The number of nitrogens with zero attached hydrogens (tertiary/aromatic N) is 3. The molecule has 1 aromatic heterocycles. The Balaban J connectivity index is 1.38. The molecule has 6 heteroatoms. The van der Waals surface area contributed by atoms with E-state index in [1.54, 1.807) is 0 Å². The summed E-state index contributed by atoms with van der Waals surface area (Å²) in [7, 11) is 0. The normalized spacial score (nSPS) is 19.4. The minimum Gasteiger partial charge on any atom is -0.485 e. The number of fused-ring (bicyclic) bond motifs is 1. The van der Waals surface area contributed by atoms with Crippen molar-refractivity contribution in [2.24, 2.45) is 0 Å². The number of ether oxygens (including phenoxy) is 2. The number of aryl methyl sites for hydroxylation is 2. The molecule has 2 aliphatic rings. The first-order valence-electron chi connectivity index (χ1n) is 8.98. The van der Waals surface area contributed by atoms with E-state index >= 15 is 0 Å². The van der Waals surface area contributed by atoms with Crippen LogP contribution in [0.5, 0.6) is 11.5 Å². The van der Waals surface area contributed by atoms with Gasteiger partial charge in [-0.25, -0.2) is 0 Å². The van der Waals surface area contributed by atoms with E-state index in [-0.39, 0.29) is 12.5 Å². The Morgan fingerprint density at radius 3 is 2.38 bits per heavy atom. The molecule has 1 atom stereocenters. The van der Waals surface area contributed by atoms with Crippen LogP contribution in [0.2, 0.25) is 0 Å². The predicted molar refractivity (Wildman–Crippen MR) is 98.9 cm³/mol. The number of carbonyl (C=O) groups excluding carboxylic acids is 1. The lowest BCUT2D eigenvalue weighted by Crippen LogP contribution is -2.54. The Hall–Kier alpha value is -2.76. The van der Waals surface area contributed by atoms with Gasteiger partial charge in [-0.3, -0.25) is 9.78 Å². The Labute approximate surface area is 153 Å². The molecule has 1 unspecified atom stereocenters. The van der Waals surface area contributed by atoms with Crippen molar-refractivity contribution in [3.8, 4) is 11.5 Å².